The molecule has 0 radical (unpaired) electrons. The summed E-state index contributed by atoms with van der Waals surface area (Å²) < 4.78 is 64.0. The molecule has 21 heavy (non-hydrogen) atoms. The summed E-state index contributed by atoms with van der Waals surface area (Å²) in [5.41, 5.74) is -4.32. The summed E-state index contributed by atoms with van der Waals surface area (Å²) in [6, 6.07) is 0.253. The third-order valence-electron chi connectivity index (χ3n) is 2.53. The van der Waals surface area contributed by atoms with E-state index in [2.05, 4.69) is 0 Å². The molecule has 2 amide bonds. The fraction of sp³-hybridized carbons (Fsp3) is 0.273. The van der Waals surface area contributed by atoms with Gasteiger partial charge in [-0.25, -0.2) is 18.4 Å². The van der Waals surface area contributed by atoms with Crippen molar-refractivity contribution in [1.29, 1.82) is 0 Å². The van der Waals surface area contributed by atoms with Crippen LogP contribution >= 0.6 is 0 Å². The monoisotopic (exact) mass is 312 g/mol. The van der Waals surface area contributed by atoms with E-state index in [0.29, 0.717) is 12.1 Å². The third kappa shape index (κ3) is 3.58. The molecule has 1 aromatic carbocycles. The lowest BCUT2D eigenvalue weighted by Crippen LogP contribution is -2.62. The average Bonchev–Trinajstić information content (AvgIpc) is 2.32. The molecule has 0 fully saturated rings. The van der Waals surface area contributed by atoms with Crippen molar-refractivity contribution in [3.8, 4) is 0 Å². The van der Waals surface area contributed by atoms with Crippen LogP contribution in [0.5, 0.6) is 0 Å². The van der Waals surface area contributed by atoms with Gasteiger partial charge in [-0.15, -0.1) is 0 Å². The summed E-state index contributed by atoms with van der Waals surface area (Å²) in [5.74, 6) is -4.40. The van der Waals surface area contributed by atoms with E-state index in [1.807, 2.05) is 0 Å². The molecule has 0 aliphatic carbocycles. The molecule has 3 N–H and O–H groups in total. The maximum absolute atomic E-state index is 13.2. The second-order valence-corrected chi connectivity index (χ2v) is 4.13. The topological polar surface area (TPSA) is 78.4 Å². The van der Waals surface area contributed by atoms with Gasteiger partial charge >= 0.3 is 18.2 Å². The fourth-order valence-electron chi connectivity index (χ4n) is 1.22. The van der Waals surface area contributed by atoms with Crippen molar-refractivity contribution in [1.82, 2.24) is 5.32 Å². The molecule has 1 aromatic rings. The Morgan fingerprint density at radius 1 is 1.19 bits per heavy atom. The molecule has 5 nitrogen and oxygen atoms in total. The quantitative estimate of drug-likeness (QED) is 0.750. The van der Waals surface area contributed by atoms with Crippen molar-refractivity contribution < 1.29 is 36.6 Å². The van der Waals surface area contributed by atoms with Crippen LogP contribution in [0, 0.1) is 11.6 Å². The zero-order valence-corrected chi connectivity index (χ0v) is 10.4. The first kappa shape index (κ1) is 16.7. The Morgan fingerprint density at radius 3 is 2.24 bits per heavy atom. The van der Waals surface area contributed by atoms with Gasteiger partial charge in [-0.3, -0.25) is 0 Å². The van der Waals surface area contributed by atoms with Crippen LogP contribution < -0.4 is 10.6 Å². The Bertz CT molecular complexity index is 575. The number of alkyl halides is 3. The minimum absolute atomic E-state index is 0.219. The van der Waals surface area contributed by atoms with Gasteiger partial charge in [0.1, 0.15) is 11.6 Å². The molecule has 1 atom stereocenters. The van der Waals surface area contributed by atoms with E-state index in [1.165, 1.54) is 0 Å². The van der Waals surface area contributed by atoms with E-state index in [-0.39, 0.29) is 6.92 Å². The number of carbonyl (C=O) groups is 2. The number of hydrogen-bond acceptors (Lipinski definition) is 2. The number of carboxylic acids is 1. The SMILES string of the molecule is CC(NC(=O)Nc1cc(F)ccc1F)(C(=O)O)C(F)(F)F. The lowest BCUT2D eigenvalue weighted by atomic mass is 10.0. The highest BCUT2D eigenvalue weighted by atomic mass is 19.4. The molecule has 1 unspecified atom stereocenters. The van der Waals surface area contributed by atoms with Crippen molar-refractivity contribution >= 4 is 17.7 Å². The van der Waals surface area contributed by atoms with Crippen LogP contribution in [0.25, 0.3) is 0 Å². The number of carboxylic acid groups (broad SMARTS) is 1. The Hall–Kier alpha value is -2.39. The molecule has 0 aliphatic rings. The van der Waals surface area contributed by atoms with Gasteiger partial charge in [0, 0.05) is 6.07 Å². The maximum atomic E-state index is 13.2. The number of anilines is 1. The number of nitrogens with one attached hydrogen (secondary N) is 2. The molecule has 10 heteroatoms. The van der Waals surface area contributed by atoms with Crippen molar-refractivity contribution in [3.63, 3.8) is 0 Å². The number of rotatable bonds is 3. The van der Waals surface area contributed by atoms with Crippen LogP contribution in [0.15, 0.2) is 18.2 Å². The Balaban J connectivity index is 2.95. The normalized spacial score (nSPS) is 14.2. The Labute approximate surface area is 114 Å². The summed E-state index contributed by atoms with van der Waals surface area (Å²) in [6.07, 6.45) is -5.29. The van der Waals surface area contributed by atoms with Crippen molar-refractivity contribution in [2.75, 3.05) is 5.32 Å². The molecular formula is C11H9F5N2O3. The third-order valence-corrected chi connectivity index (χ3v) is 2.53. The molecule has 0 aliphatic heterocycles. The van der Waals surface area contributed by atoms with Gasteiger partial charge in [-0.05, 0) is 19.1 Å². The maximum Gasteiger partial charge on any atom is 0.422 e. The minimum atomic E-state index is -5.29. The molecule has 0 saturated carbocycles. The predicted molar refractivity (Wildman–Crippen MR) is 60.6 cm³/mol. The molecule has 0 heterocycles. The van der Waals surface area contributed by atoms with E-state index in [0.717, 1.165) is 11.4 Å². The smallest absolute Gasteiger partial charge is 0.422 e. The van der Waals surface area contributed by atoms with Gasteiger partial charge in [0.25, 0.3) is 0 Å². The molecule has 0 bridgehead atoms. The summed E-state index contributed by atoms with van der Waals surface area (Å²) in [7, 11) is 0. The van der Waals surface area contributed by atoms with Crippen LogP contribution in [0.1, 0.15) is 6.92 Å². The van der Waals surface area contributed by atoms with Crippen LogP contribution in [-0.4, -0.2) is 28.8 Å². The Morgan fingerprint density at radius 2 is 1.76 bits per heavy atom. The summed E-state index contributed by atoms with van der Waals surface area (Å²) in [5, 5.41) is 11.4. The van der Waals surface area contributed by atoms with Crippen molar-refractivity contribution in [2.24, 2.45) is 0 Å². The first-order valence-electron chi connectivity index (χ1n) is 5.31. The largest absolute Gasteiger partial charge is 0.479 e. The number of benzene rings is 1. The molecular weight excluding hydrogens is 303 g/mol. The number of amides is 2. The lowest BCUT2D eigenvalue weighted by molar-refractivity contribution is -0.203. The zero-order valence-electron chi connectivity index (χ0n) is 10.4. The van der Waals surface area contributed by atoms with Crippen LogP contribution in [-0.2, 0) is 4.79 Å². The number of urea groups is 1. The number of carbonyl (C=O) groups excluding carboxylic acids is 1. The first-order valence-corrected chi connectivity index (χ1v) is 5.31. The zero-order chi connectivity index (χ0) is 16.4. The second kappa shape index (κ2) is 5.54. The number of aliphatic carboxylic acids is 1. The molecule has 1 rings (SSSR count). The van der Waals surface area contributed by atoms with E-state index < -0.39 is 41.0 Å². The second-order valence-electron chi connectivity index (χ2n) is 4.13. The standard InChI is InChI=1S/C11H9F5N2O3/c1-10(8(19)20,11(14,15)16)18-9(21)17-7-4-5(12)2-3-6(7)13/h2-4H,1H3,(H,19,20)(H2,17,18,21). The highest BCUT2D eigenvalue weighted by molar-refractivity contribution is 5.94. The van der Waals surface area contributed by atoms with Gasteiger partial charge in [0.15, 0.2) is 0 Å². The van der Waals surface area contributed by atoms with E-state index in [9.17, 15) is 31.5 Å². The van der Waals surface area contributed by atoms with Gasteiger partial charge in [0.2, 0.25) is 5.54 Å². The summed E-state index contributed by atoms with van der Waals surface area (Å²) >= 11 is 0. The molecule has 116 valence electrons. The fourth-order valence-corrected chi connectivity index (χ4v) is 1.22. The highest BCUT2D eigenvalue weighted by Gasteiger charge is 2.58. The minimum Gasteiger partial charge on any atom is -0.479 e. The van der Waals surface area contributed by atoms with Crippen LogP contribution in [0.4, 0.5) is 32.4 Å². The first-order chi connectivity index (χ1) is 9.47. The Kier molecular flexibility index (Phi) is 4.40. The van der Waals surface area contributed by atoms with Crippen LogP contribution in [0.2, 0.25) is 0 Å². The average molecular weight is 312 g/mol. The van der Waals surface area contributed by atoms with E-state index in [1.54, 1.807) is 5.32 Å². The van der Waals surface area contributed by atoms with Gasteiger partial charge in [-0.2, -0.15) is 13.2 Å². The summed E-state index contributed by atoms with van der Waals surface area (Å²) in [4.78, 5) is 22.0. The highest BCUT2D eigenvalue weighted by Crippen LogP contribution is 2.30. The number of hydrogen-bond donors (Lipinski definition) is 3. The molecule has 0 saturated heterocycles. The van der Waals surface area contributed by atoms with Crippen molar-refractivity contribution in [3.05, 3.63) is 29.8 Å². The van der Waals surface area contributed by atoms with Gasteiger partial charge in [-0.1, -0.05) is 0 Å². The van der Waals surface area contributed by atoms with Gasteiger partial charge in [0.05, 0.1) is 5.69 Å². The molecule has 0 aromatic heterocycles. The van der Waals surface area contributed by atoms with Gasteiger partial charge < -0.3 is 15.7 Å². The van der Waals surface area contributed by atoms with E-state index >= 15 is 0 Å². The van der Waals surface area contributed by atoms with Crippen LogP contribution in [0.3, 0.4) is 0 Å². The lowest BCUT2D eigenvalue weighted by Gasteiger charge is -2.28. The summed E-state index contributed by atoms with van der Waals surface area (Å²) in [6.45, 7) is 0.219. The van der Waals surface area contributed by atoms with E-state index in [4.69, 9.17) is 5.11 Å². The number of halogens is 5. The van der Waals surface area contributed by atoms with Crippen molar-refractivity contribution in [2.45, 2.75) is 18.6 Å². The predicted octanol–water partition coefficient (Wildman–Crippen LogP) is 2.49. The molecule has 0 spiro atoms.